The third-order valence-corrected chi connectivity index (χ3v) is 3.53. The average Bonchev–Trinajstić information content (AvgIpc) is 3.03. The maximum absolute atomic E-state index is 3.45. The number of aromatic nitrogens is 1. The van der Waals surface area contributed by atoms with Crippen LogP contribution in [0.3, 0.4) is 0 Å². The van der Waals surface area contributed by atoms with Crippen molar-refractivity contribution in [3.63, 3.8) is 0 Å². The first-order chi connectivity index (χ1) is 10.3. The largest absolute Gasteiger partial charge is 0.388 e. The van der Waals surface area contributed by atoms with Crippen molar-refractivity contribution in [2.75, 3.05) is 17.7 Å². The number of anilines is 3. The van der Waals surface area contributed by atoms with Gasteiger partial charge in [-0.15, -0.1) is 0 Å². The molecule has 3 aromatic rings. The molecule has 0 bridgehead atoms. The molecule has 0 spiro atoms. The lowest BCUT2D eigenvalue weighted by atomic mass is 10.1. The summed E-state index contributed by atoms with van der Waals surface area (Å²) in [5.41, 5.74) is 5.69. The molecule has 0 aliphatic carbocycles. The van der Waals surface area contributed by atoms with Gasteiger partial charge in [0.1, 0.15) is 0 Å². The van der Waals surface area contributed by atoms with Crippen molar-refractivity contribution in [1.82, 2.24) is 4.57 Å². The highest BCUT2D eigenvalue weighted by Crippen LogP contribution is 2.24. The second kappa shape index (κ2) is 5.75. The lowest BCUT2D eigenvalue weighted by molar-refractivity contribution is 1.06. The lowest BCUT2D eigenvalue weighted by Crippen LogP contribution is -1.97. The van der Waals surface area contributed by atoms with Gasteiger partial charge in [0, 0.05) is 42.2 Å². The molecular weight excluding hydrogens is 258 g/mol. The van der Waals surface area contributed by atoms with Gasteiger partial charge in [-0.25, -0.2) is 0 Å². The number of rotatable bonds is 4. The zero-order valence-corrected chi connectivity index (χ0v) is 12.3. The highest BCUT2D eigenvalue weighted by atomic mass is 15.0. The molecule has 2 N–H and O–H groups in total. The third-order valence-electron chi connectivity index (χ3n) is 3.53. The van der Waals surface area contributed by atoms with E-state index in [9.17, 15) is 0 Å². The molecule has 3 nitrogen and oxygen atoms in total. The Labute approximate surface area is 125 Å². The highest BCUT2D eigenvalue weighted by molar-refractivity contribution is 5.66. The summed E-state index contributed by atoms with van der Waals surface area (Å²) in [6, 6.07) is 18.7. The van der Waals surface area contributed by atoms with Crippen LogP contribution in [0.25, 0.3) is 5.69 Å². The SMILES string of the molecule is CNc1cccc(Nc2ccc(C)c(-n3cccc3)c2)c1. The molecule has 0 atom stereocenters. The van der Waals surface area contributed by atoms with E-state index < -0.39 is 0 Å². The topological polar surface area (TPSA) is 29.0 Å². The van der Waals surface area contributed by atoms with Crippen LogP contribution in [0.15, 0.2) is 67.0 Å². The summed E-state index contributed by atoms with van der Waals surface area (Å²) in [4.78, 5) is 0. The molecular formula is C18H19N3. The van der Waals surface area contributed by atoms with E-state index in [1.165, 1.54) is 11.3 Å². The molecule has 0 fully saturated rings. The van der Waals surface area contributed by atoms with E-state index in [1.54, 1.807) is 0 Å². The second-order valence-corrected chi connectivity index (χ2v) is 5.05. The Hall–Kier alpha value is -2.68. The van der Waals surface area contributed by atoms with E-state index in [-0.39, 0.29) is 0 Å². The molecule has 0 saturated carbocycles. The monoisotopic (exact) mass is 277 g/mol. The molecule has 0 radical (unpaired) electrons. The fourth-order valence-corrected chi connectivity index (χ4v) is 2.38. The molecule has 0 aliphatic heterocycles. The standard InChI is InChI=1S/C18H19N3/c1-14-8-9-17(13-18(14)21-10-3-4-11-21)20-16-7-5-6-15(12-16)19-2/h3-13,19-20H,1-2H3. The fourth-order valence-electron chi connectivity index (χ4n) is 2.38. The Morgan fingerprint density at radius 3 is 2.29 bits per heavy atom. The van der Waals surface area contributed by atoms with Crippen LogP contribution in [0, 0.1) is 6.92 Å². The maximum Gasteiger partial charge on any atom is 0.0499 e. The summed E-state index contributed by atoms with van der Waals surface area (Å²) in [7, 11) is 1.93. The fraction of sp³-hybridized carbons (Fsp3) is 0.111. The summed E-state index contributed by atoms with van der Waals surface area (Å²) in [6.07, 6.45) is 4.13. The summed E-state index contributed by atoms with van der Waals surface area (Å²) in [6.45, 7) is 2.13. The number of nitrogens with zero attached hydrogens (tertiary/aromatic N) is 1. The molecule has 1 heterocycles. The molecule has 106 valence electrons. The van der Waals surface area contributed by atoms with Crippen LogP contribution in [0.2, 0.25) is 0 Å². The smallest absolute Gasteiger partial charge is 0.0499 e. The van der Waals surface area contributed by atoms with E-state index >= 15 is 0 Å². The number of aryl methyl sites for hydroxylation is 1. The lowest BCUT2D eigenvalue weighted by Gasteiger charge is -2.12. The summed E-state index contributed by atoms with van der Waals surface area (Å²) in [5, 5.41) is 6.61. The van der Waals surface area contributed by atoms with E-state index in [4.69, 9.17) is 0 Å². The molecule has 1 aromatic heterocycles. The highest BCUT2D eigenvalue weighted by Gasteiger charge is 2.03. The van der Waals surface area contributed by atoms with Crippen molar-refractivity contribution < 1.29 is 0 Å². The van der Waals surface area contributed by atoms with Crippen LogP contribution in [-0.2, 0) is 0 Å². The molecule has 0 unspecified atom stereocenters. The average molecular weight is 277 g/mol. The van der Waals surface area contributed by atoms with Gasteiger partial charge in [0.05, 0.1) is 0 Å². The van der Waals surface area contributed by atoms with Crippen LogP contribution in [0.4, 0.5) is 17.1 Å². The van der Waals surface area contributed by atoms with Crippen LogP contribution in [0.1, 0.15) is 5.56 Å². The number of hydrogen-bond donors (Lipinski definition) is 2. The Balaban J connectivity index is 1.91. The van der Waals surface area contributed by atoms with Crippen molar-refractivity contribution in [2.45, 2.75) is 6.92 Å². The summed E-state index contributed by atoms with van der Waals surface area (Å²) in [5.74, 6) is 0. The van der Waals surface area contributed by atoms with Crippen molar-refractivity contribution in [2.24, 2.45) is 0 Å². The molecule has 3 heteroatoms. The third kappa shape index (κ3) is 2.92. The van der Waals surface area contributed by atoms with Gasteiger partial charge in [0.15, 0.2) is 0 Å². The molecule has 0 saturated heterocycles. The van der Waals surface area contributed by atoms with Crippen molar-refractivity contribution in [1.29, 1.82) is 0 Å². The minimum absolute atomic E-state index is 1.07. The van der Waals surface area contributed by atoms with Gasteiger partial charge < -0.3 is 15.2 Å². The minimum atomic E-state index is 1.07. The van der Waals surface area contributed by atoms with Crippen molar-refractivity contribution in [3.8, 4) is 5.69 Å². The van der Waals surface area contributed by atoms with E-state index in [1.807, 2.05) is 31.3 Å². The first kappa shape index (κ1) is 13.3. The predicted molar refractivity (Wildman–Crippen MR) is 89.8 cm³/mol. The molecule has 2 aromatic carbocycles. The number of benzene rings is 2. The molecule has 3 rings (SSSR count). The van der Waals surface area contributed by atoms with Gasteiger partial charge in [0.2, 0.25) is 0 Å². The molecule has 21 heavy (non-hydrogen) atoms. The van der Waals surface area contributed by atoms with Crippen LogP contribution in [-0.4, -0.2) is 11.6 Å². The zero-order chi connectivity index (χ0) is 14.7. The first-order valence-electron chi connectivity index (χ1n) is 7.05. The number of nitrogens with one attached hydrogen (secondary N) is 2. The Morgan fingerprint density at radius 2 is 1.52 bits per heavy atom. The predicted octanol–water partition coefficient (Wildman–Crippen LogP) is 4.57. The van der Waals surface area contributed by atoms with Gasteiger partial charge in [-0.1, -0.05) is 12.1 Å². The van der Waals surface area contributed by atoms with Gasteiger partial charge >= 0.3 is 0 Å². The Bertz CT molecular complexity index is 730. The maximum atomic E-state index is 3.45. The van der Waals surface area contributed by atoms with Crippen LogP contribution in [0.5, 0.6) is 0 Å². The summed E-state index contributed by atoms with van der Waals surface area (Å²) >= 11 is 0. The minimum Gasteiger partial charge on any atom is -0.388 e. The van der Waals surface area contributed by atoms with Crippen LogP contribution < -0.4 is 10.6 Å². The van der Waals surface area contributed by atoms with Gasteiger partial charge in [0.25, 0.3) is 0 Å². The zero-order valence-electron chi connectivity index (χ0n) is 12.3. The van der Waals surface area contributed by atoms with E-state index in [0.717, 1.165) is 17.1 Å². The Morgan fingerprint density at radius 1 is 0.810 bits per heavy atom. The van der Waals surface area contributed by atoms with E-state index in [0.29, 0.717) is 0 Å². The second-order valence-electron chi connectivity index (χ2n) is 5.05. The normalized spacial score (nSPS) is 10.4. The van der Waals surface area contributed by atoms with Crippen molar-refractivity contribution in [3.05, 3.63) is 72.6 Å². The van der Waals surface area contributed by atoms with Gasteiger partial charge in [-0.3, -0.25) is 0 Å². The number of hydrogen-bond acceptors (Lipinski definition) is 2. The van der Waals surface area contributed by atoms with Gasteiger partial charge in [-0.05, 0) is 55.0 Å². The molecule has 0 aliphatic rings. The summed E-state index contributed by atoms with van der Waals surface area (Å²) < 4.78 is 2.13. The van der Waals surface area contributed by atoms with Crippen LogP contribution >= 0.6 is 0 Å². The Kier molecular flexibility index (Phi) is 3.65. The quantitative estimate of drug-likeness (QED) is 0.731. The van der Waals surface area contributed by atoms with E-state index in [2.05, 4.69) is 64.8 Å². The molecule has 0 amide bonds. The first-order valence-corrected chi connectivity index (χ1v) is 7.05. The van der Waals surface area contributed by atoms with Gasteiger partial charge in [-0.2, -0.15) is 0 Å². The van der Waals surface area contributed by atoms with Crippen molar-refractivity contribution >= 4 is 17.1 Å².